The monoisotopic (exact) mass is 230 g/mol. The van der Waals surface area contributed by atoms with E-state index in [1.807, 2.05) is 54.9 Å². The molecule has 82 valence electrons. The van der Waals surface area contributed by atoms with E-state index in [-0.39, 0.29) is 6.04 Å². The third-order valence-corrected chi connectivity index (χ3v) is 3.15. The van der Waals surface area contributed by atoms with Gasteiger partial charge in [-0.15, -0.1) is 11.8 Å². The average Bonchev–Trinajstić information content (AvgIpc) is 2.39. The van der Waals surface area contributed by atoms with Gasteiger partial charge in [-0.1, -0.05) is 36.4 Å². The molecule has 0 aliphatic rings. The molecule has 0 radical (unpaired) electrons. The highest BCUT2D eigenvalue weighted by Crippen LogP contribution is 2.20. The van der Waals surface area contributed by atoms with Gasteiger partial charge < -0.3 is 5.73 Å². The molecule has 2 aromatic rings. The van der Waals surface area contributed by atoms with Crippen LogP contribution in [0.2, 0.25) is 0 Å². The molecule has 0 unspecified atom stereocenters. The molecule has 3 heteroatoms. The minimum absolute atomic E-state index is 0.0930. The van der Waals surface area contributed by atoms with Crippen LogP contribution in [0.15, 0.2) is 53.7 Å². The maximum Gasteiger partial charge on any atom is 0.0957 e. The van der Waals surface area contributed by atoms with Gasteiger partial charge in [0.25, 0.3) is 0 Å². The van der Waals surface area contributed by atoms with Gasteiger partial charge in [0.15, 0.2) is 0 Å². The molecule has 1 aromatic heterocycles. The van der Waals surface area contributed by atoms with E-state index in [1.165, 1.54) is 0 Å². The lowest BCUT2D eigenvalue weighted by Crippen LogP contribution is -2.11. The van der Waals surface area contributed by atoms with Gasteiger partial charge in [0.1, 0.15) is 0 Å². The van der Waals surface area contributed by atoms with Gasteiger partial charge >= 0.3 is 0 Å². The molecule has 1 aromatic carbocycles. The van der Waals surface area contributed by atoms with Crippen LogP contribution < -0.4 is 5.73 Å². The Morgan fingerprint density at radius 1 is 1.06 bits per heavy atom. The first kappa shape index (κ1) is 11.2. The summed E-state index contributed by atoms with van der Waals surface area (Å²) in [5.74, 6) is 0. The molecule has 2 nitrogen and oxygen atoms in total. The molecule has 0 saturated heterocycles. The molecule has 0 spiro atoms. The molecule has 0 bridgehead atoms. The van der Waals surface area contributed by atoms with Gasteiger partial charge in [-0.2, -0.15) is 0 Å². The lowest BCUT2D eigenvalue weighted by atomic mass is 10.0. The Labute approximate surface area is 99.9 Å². The maximum absolute atomic E-state index is 6.16. The molecule has 0 amide bonds. The van der Waals surface area contributed by atoms with E-state index in [2.05, 4.69) is 4.98 Å². The normalized spacial score (nSPS) is 12.4. The Kier molecular flexibility index (Phi) is 3.59. The molecule has 16 heavy (non-hydrogen) atoms. The van der Waals surface area contributed by atoms with Crippen LogP contribution in [-0.4, -0.2) is 11.2 Å². The van der Waals surface area contributed by atoms with Crippen molar-refractivity contribution in [3.8, 4) is 0 Å². The summed E-state index contributed by atoms with van der Waals surface area (Å²) in [7, 11) is 0. The highest BCUT2D eigenvalue weighted by atomic mass is 32.2. The standard InChI is InChI=1S/C13H14N2S/c1-16-12-8-7-11(9-15-12)13(14)10-5-3-2-4-6-10/h2-9,13H,14H2,1H3/t13-/m0/s1. The Hall–Kier alpha value is -1.32. The zero-order valence-corrected chi connectivity index (χ0v) is 9.95. The fourth-order valence-electron chi connectivity index (χ4n) is 1.55. The average molecular weight is 230 g/mol. The zero-order valence-electron chi connectivity index (χ0n) is 9.13. The van der Waals surface area contributed by atoms with E-state index in [0.29, 0.717) is 0 Å². The molecule has 0 aliphatic heterocycles. The van der Waals surface area contributed by atoms with Crippen molar-refractivity contribution in [1.82, 2.24) is 4.98 Å². The highest BCUT2D eigenvalue weighted by Gasteiger charge is 2.08. The van der Waals surface area contributed by atoms with Gasteiger partial charge in [0, 0.05) is 6.20 Å². The summed E-state index contributed by atoms with van der Waals surface area (Å²) in [4.78, 5) is 4.33. The molecular weight excluding hydrogens is 216 g/mol. The van der Waals surface area contributed by atoms with Crippen molar-refractivity contribution in [2.75, 3.05) is 6.26 Å². The molecule has 1 atom stereocenters. The van der Waals surface area contributed by atoms with E-state index >= 15 is 0 Å². The topological polar surface area (TPSA) is 38.9 Å². The second-order valence-corrected chi connectivity index (χ2v) is 4.35. The molecule has 1 heterocycles. The summed E-state index contributed by atoms with van der Waals surface area (Å²) >= 11 is 1.63. The van der Waals surface area contributed by atoms with Crippen LogP contribution in [0.1, 0.15) is 17.2 Å². The fraction of sp³-hybridized carbons (Fsp3) is 0.154. The summed E-state index contributed by atoms with van der Waals surface area (Å²) in [5.41, 5.74) is 8.32. The number of pyridine rings is 1. The highest BCUT2D eigenvalue weighted by molar-refractivity contribution is 7.98. The number of hydrogen-bond acceptors (Lipinski definition) is 3. The summed E-state index contributed by atoms with van der Waals surface area (Å²) in [6.45, 7) is 0. The molecule has 0 fully saturated rings. The third kappa shape index (κ3) is 2.43. The van der Waals surface area contributed by atoms with Gasteiger partial charge in [-0.25, -0.2) is 4.98 Å². The first-order chi connectivity index (χ1) is 7.81. The Morgan fingerprint density at radius 3 is 2.38 bits per heavy atom. The van der Waals surface area contributed by atoms with Crippen molar-refractivity contribution in [3.63, 3.8) is 0 Å². The van der Waals surface area contributed by atoms with Crippen LogP contribution in [0.25, 0.3) is 0 Å². The SMILES string of the molecule is CSc1ccc([C@@H](N)c2ccccc2)cn1. The summed E-state index contributed by atoms with van der Waals surface area (Å²) in [5, 5.41) is 1.02. The number of nitrogens with zero attached hydrogens (tertiary/aromatic N) is 1. The molecule has 0 aliphatic carbocycles. The third-order valence-electron chi connectivity index (χ3n) is 2.49. The van der Waals surface area contributed by atoms with Gasteiger partial charge in [0.05, 0.1) is 11.1 Å². The van der Waals surface area contributed by atoms with E-state index in [9.17, 15) is 0 Å². The predicted octanol–water partition coefficient (Wildman–Crippen LogP) is 2.85. The molecular formula is C13H14N2S. The van der Waals surface area contributed by atoms with Crippen LogP contribution in [0, 0.1) is 0 Å². The van der Waals surface area contributed by atoms with Crippen LogP contribution in [-0.2, 0) is 0 Å². The van der Waals surface area contributed by atoms with Crippen molar-refractivity contribution in [3.05, 3.63) is 59.8 Å². The van der Waals surface area contributed by atoms with Crippen LogP contribution >= 0.6 is 11.8 Å². The van der Waals surface area contributed by atoms with Crippen LogP contribution in [0.3, 0.4) is 0 Å². The minimum Gasteiger partial charge on any atom is -0.320 e. The Bertz CT molecular complexity index is 439. The molecule has 2 N–H and O–H groups in total. The van der Waals surface area contributed by atoms with E-state index in [4.69, 9.17) is 5.73 Å². The van der Waals surface area contributed by atoms with Crippen molar-refractivity contribution in [1.29, 1.82) is 0 Å². The van der Waals surface area contributed by atoms with Crippen molar-refractivity contribution < 1.29 is 0 Å². The predicted molar refractivity (Wildman–Crippen MR) is 68.5 cm³/mol. The van der Waals surface area contributed by atoms with E-state index < -0.39 is 0 Å². The quantitative estimate of drug-likeness (QED) is 0.824. The Balaban J connectivity index is 2.24. The number of aromatic nitrogens is 1. The van der Waals surface area contributed by atoms with Gasteiger partial charge in [0.2, 0.25) is 0 Å². The lowest BCUT2D eigenvalue weighted by molar-refractivity contribution is 0.855. The number of nitrogens with two attached hydrogens (primary N) is 1. The molecule has 2 rings (SSSR count). The lowest BCUT2D eigenvalue weighted by Gasteiger charge is -2.12. The second-order valence-electron chi connectivity index (χ2n) is 3.52. The number of hydrogen-bond donors (Lipinski definition) is 1. The van der Waals surface area contributed by atoms with Crippen molar-refractivity contribution >= 4 is 11.8 Å². The minimum atomic E-state index is -0.0930. The smallest absolute Gasteiger partial charge is 0.0957 e. The summed E-state index contributed by atoms with van der Waals surface area (Å²) in [6.07, 6.45) is 3.86. The van der Waals surface area contributed by atoms with Crippen LogP contribution in [0.4, 0.5) is 0 Å². The van der Waals surface area contributed by atoms with E-state index in [1.54, 1.807) is 11.8 Å². The number of rotatable bonds is 3. The maximum atomic E-state index is 6.16. The van der Waals surface area contributed by atoms with E-state index in [0.717, 1.165) is 16.2 Å². The van der Waals surface area contributed by atoms with Gasteiger partial charge in [-0.3, -0.25) is 0 Å². The zero-order chi connectivity index (χ0) is 11.4. The number of thioether (sulfide) groups is 1. The summed E-state index contributed by atoms with van der Waals surface area (Å²) < 4.78 is 0. The largest absolute Gasteiger partial charge is 0.320 e. The second kappa shape index (κ2) is 5.14. The summed E-state index contributed by atoms with van der Waals surface area (Å²) in [6, 6.07) is 14.0. The first-order valence-corrected chi connectivity index (χ1v) is 6.34. The van der Waals surface area contributed by atoms with Gasteiger partial charge in [-0.05, 0) is 23.4 Å². The molecule has 0 saturated carbocycles. The van der Waals surface area contributed by atoms with Crippen molar-refractivity contribution in [2.45, 2.75) is 11.1 Å². The fourth-order valence-corrected chi connectivity index (χ4v) is 1.91. The first-order valence-electron chi connectivity index (χ1n) is 5.11. The Morgan fingerprint density at radius 2 is 1.81 bits per heavy atom. The van der Waals surface area contributed by atoms with Crippen molar-refractivity contribution in [2.24, 2.45) is 5.73 Å². The van der Waals surface area contributed by atoms with Crippen LogP contribution in [0.5, 0.6) is 0 Å². The number of benzene rings is 1.